The van der Waals surface area contributed by atoms with Gasteiger partial charge >= 0.3 is 0 Å². The summed E-state index contributed by atoms with van der Waals surface area (Å²) in [7, 11) is 1.48. The fraction of sp³-hybridized carbons (Fsp3) is 0.500. The van der Waals surface area contributed by atoms with E-state index in [2.05, 4.69) is 20.7 Å². The highest BCUT2D eigenvalue weighted by molar-refractivity contribution is 5.80. The molecule has 0 atom stereocenters. The van der Waals surface area contributed by atoms with E-state index in [-0.39, 0.29) is 0 Å². The molecule has 0 radical (unpaired) electrons. The van der Waals surface area contributed by atoms with Crippen molar-refractivity contribution in [1.82, 2.24) is 9.97 Å². The van der Waals surface area contributed by atoms with Gasteiger partial charge in [-0.05, 0) is 13.8 Å². The molecule has 0 fully saturated rings. The van der Waals surface area contributed by atoms with Crippen molar-refractivity contribution in [2.24, 2.45) is 17.0 Å². The Balaban J connectivity index is 2.88. The second-order valence-corrected chi connectivity index (χ2v) is 4.35. The Morgan fingerprint density at radius 2 is 2.06 bits per heavy atom. The molecule has 100 valence electrons. The number of carbonyl (C=O) groups is 1. The first-order valence-electron chi connectivity index (χ1n) is 5.31. The molecule has 0 bridgehead atoms. The molecule has 0 unspecified atom stereocenters. The summed E-state index contributed by atoms with van der Waals surface area (Å²) < 4.78 is 5.15. The molecule has 1 rings (SSSR count). The maximum absolute atomic E-state index is 11.2. The number of rotatable bonds is 6. The van der Waals surface area contributed by atoms with Gasteiger partial charge in [0.25, 0.3) is 0 Å². The summed E-state index contributed by atoms with van der Waals surface area (Å²) in [4.78, 5) is 19.1. The van der Waals surface area contributed by atoms with Crippen LogP contribution in [0.2, 0.25) is 0 Å². The Morgan fingerprint density at radius 1 is 1.44 bits per heavy atom. The first kappa shape index (κ1) is 14.0. The zero-order chi connectivity index (χ0) is 13.8. The van der Waals surface area contributed by atoms with Crippen molar-refractivity contribution in [1.29, 1.82) is 0 Å². The molecule has 0 aromatic carbocycles. The van der Waals surface area contributed by atoms with Crippen LogP contribution < -0.4 is 27.1 Å². The number of aromatic nitrogens is 2. The molecule has 6 N–H and O–H groups in total. The van der Waals surface area contributed by atoms with Gasteiger partial charge in [-0.3, -0.25) is 4.79 Å². The lowest BCUT2D eigenvalue weighted by Crippen LogP contribution is -2.37. The predicted molar refractivity (Wildman–Crippen MR) is 67.9 cm³/mol. The van der Waals surface area contributed by atoms with Crippen LogP contribution in [0.1, 0.15) is 13.8 Å². The van der Waals surface area contributed by atoms with Crippen LogP contribution in [0.25, 0.3) is 0 Å². The predicted octanol–water partition coefficient (Wildman–Crippen LogP) is -0.306. The Labute approximate surface area is 105 Å². The number of nitrogens with one attached hydrogen (secondary N) is 2. The standard InChI is InChI=1S/C10H18N6O2/c1-10(2,9(11)17)4-13-7-6(18-3)8(16-12)15-5-14-7/h5H,4,12H2,1-3H3,(H2,11,17)(H2,13,14,15,16). The number of nitrogen functional groups attached to an aromatic ring is 1. The zero-order valence-electron chi connectivity index (χ0n) is 10.7. The highest BCUT2D eigenvalue weighted by atomic mass is 16.5. The minimum atomic E-state index is -0.702. The molecule has 1 amide bonds. The van der Waals surface area contributed by atoms with Gasteiger partial charge in [0.15, 0.2) is 11.6 Å². The molecular formula is C10H18N6O2. The number of hydrazine groups is 1. The number of hydrogen-bond donors (Lipinski definition) is 4. The van der Waals surface area contributed by atoms with Crippen LogP contribution in [0.5, 0.6) is 5.75 Å². The van der Waals surface area contributed by atoms with Crippen LogP contribution >= 0.6 is 0 Å². The minimum absolute atomic E-state index is 0.319. The van der Waals surface area contributed by atoms with Crippen LogP contribution in [-0.2, 0) is 4.79 Å². The van der Waals surface area contributed by atoms with Crippen LogP contribution in [0.15, 0.2) is 6.33 Å². The summed E-state index contributed by atoms with van der Waals surface area (Å²) in [5.41, 5.74) is 6.98. The van der Waals surface area contributed by atoms with E-state index in [0.29, 0.717) is 23.9 Å². The van der Waals surface area contributed by atoms with Crippen LogP contribution in [-0.4, -0.2) is 29.5 Å². The first-order chi connectivity index (χ1) is 8.42. The number of primary amides is 1. The summed E-state index contributed by atoms with van der Waals surface area (Å²) in [6, 6.07) is 0. The maximum Gasteiger partial charge on any atom is 0.224 e. The summed E-state index contributed by atoms with van der Waals surface area (Å²) in [5, 5.41) is 2.99. The summed E-state index contributed by atoms with van der Waals surface area (Å²) in [5.74, 6) is 6.07. The van der Waals surface area contributed by atoms with Gasteiger partial charge in [0.2, 0.25) is 11.7 Å². The van der Waals surface area contributed by atoms with Crippen LogP contribution in [0.4, 0.5) is 11.6 Å². The van der Waals surface area contributed by atoms with Crippen molar-refractivity contribution in [2.45, 2.75) is 13.8 Å². The second-order valence-electron chi connectivity index (χ2n) is 4.35. The van der Waals surface area contributed by atoms with Gasteiger partial charge in [-0.25, -0.2) is 15.8 Å². The topological polar surface area (TPSA) is 128 Å². The van der Waals surface area contributed by atoms with Crippen molar-refractivity contribution < 1.29 is 9.53 Å². The van der Waals surface area contributed by atoms with Gasteiger partial charge in [-0.2, -0.15) is 0 Å². The summed E-state index contributed by atoms with van der Waals surface area (Å²) in [6.07, 6.45) is 1.33. The number of nitrogens with two attached hydrogens (primary N) is 2. The van der Waals surface area contributed by atoms with Crippen molar-refractivity contribution in [2.75, 3.05) is 24.4 Å². The normalized spacial score (nSPS) is 10.9. The van der Waals surface area contributed by atoms with E-state index in [1.54, 1.807) is 13.8 Å². The molecule has 0 spiro atoms. The van der Waals surface area contributed by atoms with Crippen molar-refractivity contribution in [3.05, 3.63) is 6.33 Å². The number of amides is 1. The molecular weight excluding hydrogens is 236 g/mol. The Morgan fingerprint density at radius 3 is 2.56 bits per heavy atom. The average Bonchev–Trinajstić information content (AvgIpc) is 2.35. The Kier molecular flexibility index (Phi) is 4.27. The van der Waals surface area contributed by atoms with Gasteiger partial charge in [-0.1, -0.05) is 0 Å². The monoisotopic (exact) mass is 254 g/mol. The molecule has 0 saturated carbocycles. The number of hydrogen-bond acceptors (Lipinski definition) is 7. The number of methoxy groups -OCH3 is 1. The molecule has 1 heterocycles. The molecule has 0 saturated heterocycles. The van der Waals surface area contributed by atoms with E-state index < -0.39 is 11.3 Å². The first-order valence-corrected chi connectivity index (χ1v) is 5.31. The lowest BCUT2D eigenvalue weighted by atomic mass is 9.93. The molecule has 1 aromatic heterocycles. The third-order valence-electron chi connectivity index (χ3n) is 2.51. The van der Waals surface area contributed by atoms with E-state index >= 15 is 0 Å². The van der Waals surface area contributed by atoms with E-state index in [1.807, 2.05) is 0 Å². The third kappa shape index (κ3) is 2.98. The summed E-state index contributed by atoms with van der Waals surface area (Å²) in [6.45, 7) is 3.79. The van der Waals surface area contributed by atoms with Gasteiger partial charge in [0, 0.05) is 6.54 Å². The number of ether oxygens (including phenoxy) is 1. The van der Waals surface area contributed by atoms with Crippen molar-refractivity contribution in [3.63, 3.8) is 0 Å². The third-order valence-corrected chi connectivity index (χ3v) is 2.51. The molecule has 8 heteroatoms. The van der Waals surface area contributed by atoms with Gasteiger partial charge in [0.05, 0.1) is 12.5 Å². The molecule has 0 aliphatic rings. The smallest absolute Gasteiger partial charge is 0.224 e. The molecule has 8 nitrogen and oxygen atoms in total. The fourth-order valence-corrected chi connectivity index (χ4v) is 1.19. The highest BCUT2D eigenvalue weighted by Crippen LogP contribution is 2.29. The van der Waals surface area contributed by atoms with Crippen molar-refractivity contribution >= 4 is 17.5 Å². The maximum atomic E-state index is 11.2. The van der Waals surface area contributed by atoms with Gasteiger partial charge in [0.1, 0.15) is 6.33 Å². The Bertz CT molecular complexity index is 434. The quantitative estimate of drug-likeness (QED) is 0.405. The van der Waals surface area contributed by atoms with Crippen LogP contribution in [0.3, 0.4) is 0 Å². The molecule has 18 heavy (non-hydrogen) atoms. The minimum Gasteiger partial charge on any atom is -0.490 e. The number of carbonyl (C=O) groups excluding carboxylic acids is 1. The Hall–Kier alpha value is -2.09. The summed E-state index contributed by atoms with van der Waals surface area (Å²) >= 11 is 0. The zero-order valence-corrected chi connectivity index (χ0v) is 10.7. The largest absolute Gasteiger partial charge is 0.490 e. The number of anilines is 2. The van der Waals surface area contributed by atoms with E-state index in [4.69, 9.17) is 16.3 Å². The van der Waals surface area contributed by atoms with Gasteiger partial charge < -0.3 is 21.2 Å². The average molecular weight is 254 g/mol. The molecule has 1 aromatic rings. The van der Waals surface area contributed by atoms with Crippen LogP contribution in [0, 0.1) is 5.41 Å². The number of nitrogens with zero attached hydrogens (tertiary/aromatic N) is 2. The van der Waals surface area contributed by atoms with E-state index in [0.717, 1.165) is 0 Å². The highest BCUT2D eigenvalue weighted by Gasteiger charge is 2.25. The lowest BCUT2D eigenvalue weighted by molar-refractivity contribution is -0.125. The SMILES string of the molecule is COc1c(NN)ncnc1NCC(C)(C)C(N)=O. The van der Waals surface area contributed by atoms with Gasteiger partial charge in [-0.15, -0.1) is 0 Å². The fourth-order valence-electron chi connectivity index (χ4n) is 1.19. The molecule has 0 aliphatic heterocycles. The van der Waals surface area contributed by atoms with Crippen molar-refractivity contribution in [3.8, 4) is 5.75 Å². The van der Waals surface area contributed by atoms with E-state index in [1.165, 1.54) is 13.4 Å². The lowest BCUT2D eigenvalue weighted by Gasteiger charge is -2.22. The second kappa shape index (κ2) is 5.50. The van der Waals surface area contributed by atoms with E-state index in [9.17, 15) is 4.79 Å². The molecule has 0 aliphatic carbocycles.